The summed E-state index contributed by atoms with van der Waals surface area (Å²) < 4.78 is 5.25. The van der Waals surface area contributed by atoms with Crippen LogP contribution in [0.5, 0.6) is 0 Å². The third-order valence-corrected chi connectivity index (χ3v) is 12.3. The van der Waals surface area contributed by atoms with Gasteiger partial charge in [-0.05, 0) is 64.2 Å². The van der Waals surface area contributed by atoms with Crippen LogP contribution in [0.3, 0.4) is 0 Å². The molecule has 0 N–H and O–H groups in total. The monoisotopic (exact) mass is 685 g/mol. The molecule has 0 radical (unpaired) electrons. The lowest BCUT2D eigenvalue weighted by Gasteiger charge is -2.28. The van der Waals surface area contributed by atoms with Crippen LogP contribution in [0.2, 0.25) is 0 Å². The smallest absolute Gasteiger partial charge is 0.0640 e. The zero-order valence-electron chi connectivity index (χ0n) is 27.7. The summed E-state index contributed by atoms with van der Waals surface area (Å²) in [5.74, 6) is 0. The van der Waals surface area contributed by atoms with Crippen LogP contribution in [-0.2, 0) is 0 Å². The second kappa shape index (κ2) is 12.4. The fraction of sp³-hybridized carbons (Fsp3) is 0. The van der Waals surface area contributed by atoms with Gasteiger partial charge >= 0.3 is 0 Å². The molecule has 51 heavy (non-hydrogen) atoms. The van der Waals surface area contributed by atoms with Gasteiger partial charge < -0.3 is 4.90 Å². The number of rotatable bonds is 6. The third-order valence-electron chi connectivity index (χ3n) is 9.91. The van der Waals surface area contributed by atoms with E-state index in [1.807, 2.05) is 22.7 Å². The number of para-hydroxylation sites is 1. The summed E-state index contributed by atoms with van der Waals surface area (Å²) in [4.78, 5) is 2.46. The molecule has 0 atom stereocenters. The van der Waals surface area contributed by atoms with E-state index in [0.29, 0.717) is 0 Å². The topological polar surface area (TPSA) is 3.24 Å². The first-order valence-corrected chi connectivity index (χ1v) is 18.9. The number of thiophene rings is 2. The van der Waals surface area contributed by atoms with Crippen LogP contribution in [0.25, 0.3) is 73.7 Å². The number of hydrogen-bond acceptors (Lipinski definition) is 3. The molecule has 3 heteroatoms. The van der Waals surface area contributed by atoms with E-state index in [4.69, 9.17) is 0 Å². The van der Waals surface area contributed by atoms with E-state index in [1.54, 1.807) is 0 Å². The van der Waals surface area contributed by atoms with Crippen molar-refractivity contribution in [1.82, 2.24) is 0 Å². The average Bonchev–Trinajstić information content (AvgIpc) is 3.78. The Bertz CT molecular complexity index is 2840. The molecule has 240 valence electrons. The fourth-order valence-corrected chi connectivity index (χ4v) is 9.91. The molecule has 10 rings (SSSR count). The van der Waals surface area contributed by atoms with Gasteiger partial charge in [0, 0.05) is 46.9 Å². The van der Waals surface area contributed by atoms with Gasteiger partial charge in [-0.2, -0.15) is 0 Å². The summed E-state index contributed by atoms with van der Waals surface area (Å²) in [5, 5.41) is 5.24. The average molecular weight is 686 g/mol. The standard InChI is InChI=1S/C48H31NS2/c1-2-12-32(13-3-1)33-24-26-34(27-25-33)37-14-4-7-20-43(37)49(44-21-11-19-42-40-16-6-9-23-46(40)51-48(42)44)36-30-28-35(29-31-36)38-17-10-18-41-39-15-5-8-22-45(39)50-47(38)41/h1-31H. The SMILES string of the molecule is c1ccc(-c2ccc(-c3ccccc3N(c3ccc(-c4cccc5c4sc4ccccc45)cc3)c3cccc4c3sc3ccccc34)cc2)cc1. The molecule has 0 saturated heterocycles. The van der Waals surface area contributed by atoms with E-state index < -0.39 is 0 Å². The van der Waals surface area contributed by atoms with Crippen LogP contribution in [-0.4, -0.2) is 0 Å². The molecule has 0 aliphatic rings. The Kier molecular flexibility index (Phi) is 7.26. The van der Waals surface area contributed by atoms with Crippen LogP contribution in [0.15, 0.2) is 188 Å². The molecule has 10 aromatic rings. The minimum absolute atomic E-state index is 1.13. The summed E-state index contributed by atoms with van der Waals surface area (Å²) in [6.45, 7) is 0. The van der Waals surface area contributed by atoms with Gasteiger partial charge in [-0.15, -0.1) is 22.7 Å². The number of nitrogens with zero attached hydrogens (tertiary/aromatic N) is 1. The van der Waals surface area contributed by atoms with Gasteiger partial charge in [0.1, 0.15) is 0 Å². The maximum Gasteiger partial charge on any atom is 0.0640 e. The fourth-order valence-electron chi connectivity index (χ4n) is 7.47. The summed E-state index contributed by atoms with van der Waals surface area (Å²) in [6, 6.07) is 68.5. The van der Waals surface area contributed by atoms with E-state index in [1.165, 1.54) is 79.4 Å². The third kappa shape index (κ3) is 5.13. The predicted molar refractivity (Wildman–Crippen MR) is 223 cm³/mol. The second-order valence-corrected chi connectivity index (χ2v) is 15.0. The van der Waals surface area contributed by atoms with Crippen LogP contribution >= 0.6 is 22.7 Å². The van der Waals surface area contributed by atoms with Gasteiger partial charge in [0.15, 0.2) is 0 Å². The van der Waals surface area contributed by atoms with E-state index in [2.05, 4.69) is 193 Å². The molecule has 2 aromatic heterocycles. The lowest BCUT2D eigenvalue weighted by Crippen LogP contribution is -2.11. The van der Waals surface area contributed by atoms with Crippen molar-refractivity contribution in [3.8, 4) is 33.4 Å². The largest absolute Gasteiger partial charge is 0.308 e. The van der Waals surface area contributed by atoms with Gasteiger partial charge in [0.2, 0.25) is 0 Å². The van der Waals surface area contributed by atoms with Crippen molar-refractivity contribution in [2.24, 2.45) is 0 Å². The molecule has 0 aliphatic heterocycles. The van der Waals surface area contributed by atoms with Crippen molar-refractivity contribution >= 4 is 80.1 Å². The quantitative estimate of drug-likeness (QED) is 0.168. The molecule has 0 fully saturated rings. The zero-order chi connectivity index (χ0) is 33.7. The molecule has 1 nitrogen and oxygen atoms in total. The lowest BCUT2D eigenvalue weighted by molar-refractivity contribution is 1.30. The van der Waals surface area contributed by atoms with Gasteiger partial charge in [-0.1, -0.05) is 152 Å². The molecule has 0 spiro atoms. The summed E-state index contributed by atoms with van der Waals surface area (Å²) in [6.07, 6.45) is 0. The van der Waals surface area contributed by atoms with Crippen molar-refractivity contribution in [3.05, 3.63) is 188 Å². The van der Waals surface area contributed by atoms with Gasteiger partial charge in [-0.25, -0.2) is 0 Å². The Morgan fingerprint density at radius 3 is 1.51 bits per heavy atom. The minimum Gasteiger partial charge on any atom is -0.308 e. The molecule has 0 saturated carbocycles. The highest BCUT2D eigenvalue weighted by molar-refractivity contribution is 7.26. The highest BCUT2D eigenvalue weighted by Gasteiger charge is 2.21. The summed E-state index contributed by atoms with van der Waals surface area (Å²) >= 11 is 3.75. The summed E-state index contributed by atoms with van der Waals surface area (Å²) in [5.41, 5.74) is 10.8. The van der Waals surface area contributed by atoms with Crippen molar-refractivity contribution in [1.29, 1.82) is 0 Å². The van der Waals surface area contributed by atoms with E-state index in [0.717, 1.165) is 11.4 Å². The molecule has 0 amide bonds. The van der Waals surface area contributed by atoms with Crippen LogP contribution in [0, 0.1) is 0 Å². The van der Waals surface area contributed by atoms with E-state index in [9.17, 15) is 0 Å². The number of benzene rings is 8. The molecule has 0 aliphatic carbocycles. The van der Waals surface area contributed by atoms with Gasteiger partial charge in [0.25, 0.3) is 0 Å². The maximum absolute atomic E-state index is 2.46. The Morgan fingerprint density at radius 2 is 0.765 bits per heavy atom. The first kappa shape index (κ1) is 29.9. The van der Waals surface area contributed by atoms with Gasteiger partial charge in [0.05, 0.1) is 16.1 Å². The first-order valence-electron chi connectivity index (χ1n) is 17.3. The van der Waals surface area contributed by atoms with Crippen LogP contribution in [0.1, 0.15) is 0 Å². The number of hydrogen-bond donors (Lipinski definition) is 0. The maximum atomic E-state index is 2.46. The Morgan fingerprint density at radius 1 is 0.294 bits per heavy atom. The minimum atomic E-state index is 1.13. The van der Waals surface area contributed by atoms with E-state index in [-0.39, 0.29) is 0 Å². The second-order valence-electron chi connectivity index (χ2n) is 12.9. The molecule has 0 unspecified atom stereocenters. The van der Waals surface area contributed by atoms with Crippen LogP contribution < -0.4 is 4.90 Å². The molecule has 0 bridgehead atoms. The van der Waals surface area contributed by atoms with Crippen molar-refractivity contribution < 1.29 is 0 Å². The lowest BCUT2D eigenvalue weighted by atomic mass is 9.98. The molecular formula is C48H31NS2. The number of anilines is 3. The molecule has 8 aromatic carbocycles. The van der Waals surface area contributed by atoms with Crippen molar-refractivity contribution in [2.75, 3.05) is 4.90 Å². The van der Waals surface area contributed by atoms with Crippen molar-refractivity contribution in [3.63, 3.8) is 0 Å². The van der Waals surface area contributed by atoms with Crippen LogP contribution in [0.4, 0.5) is 17.1 Å². The normalized spacial score (nSPS) is 11.5. The summed E-state index contributed by atoms with van der Waals surface area (Å²) in [7, 11) is 0. The highest BCUT2D eigenvalue weighted by Crippen LogP contribution is 2.48. The first-order chi connectivity index (χ1) is 25.3. The molecule has 2 heterocycles. The van der Waals surface area contributed by atoms with Gasteiger partial charge in [-0.3, -0.25) is 0 Å². The Labute approximate surface area is 304 Å². The molecular weight excluding hydrogens is 655 g/mol. The Hall–Kier alpha value is -6.00. The van der Waals surface area contributed by atoms with Crippen molar-refractivity contribution in [2.45, 2.75) is 0 Å². The highest BCUT2D eigenvalue weighted by atomic mass is 32.1. The van der Waals surface area contributed by atoms with E-state index >= 15 is 0 Å². The Balaban J connectivity index is 1.14. The predicted octanol–water partition coefficient (Wildman–Crippen LogP) is 14.9. The zero-order valence-corrected chi connectivity index (χ0v) is 29.3. The number of fused-ring (bicyclic) bond motifs is 6.